The molecular weight excluding hydrogens is 297 g/mol. The fourth-order valence-corrected chi connectivity index (χ4v) is 1.13. The van der Waals surface area contributed by atoms with Crippen molar-refractivity contribution >= 4 is 22.6 Å². The molecule has 0 bridgehead atoms. The lowest BCUT2D eigenvalue weighted by atomic mass is 10.5. The molecule has 0 aliphatic carbocycles. The lowest BCUT2D eigenvalue weighted by Gasteiger charge is -2.07. The summed E-state index contributed by atoms with van der Waals surface area (Å²) >= 11 is 2.17. The monoisotopic (exact) mass is 309 g/mol. The lowest BCUT2D eigenvalue weighted by molar-refractivity contribution is -0.0915. The van der Waals surface area contributed by atoms with Crippen LogP contribution in [0, 0.1) is 3.57 Å². The molecule has 0 aliphatic heterocycles. The number of nitrogens with zero attached hydrogens (tertiary/aromatic N) is 1. The van der Waals surface area contributed by atoms with Crippen LogP contribution in [0.2, 0.25) is 0 Å². The number of rotatable bonds is 5. The number of aliphatic hydroxyl groups is 1. The van der Waals surface area contributed by atoms with Crippen molar-refractivity contribution < 1.29 is 14.6 Å². The van der Waals surface area contributed by atoms with Crippen molar-refractivity contribution in [3.8, 4) is 5.88 Å². The normalized spacial score (nSPS) is 12.5. The van der Waals surface area contributed by atoms with Gasteiger partial charge in [0.1, 0.15) is 6.61 Å². The molecule has 14 heavy (non-hydrogen) atoms. The molecule has 1 heterocycles. The number of halogens is 1. The number of ether oxygens (including phenoxy) is 2. The molecular formula is C9H12INO3. The molecule has 1 atom stereocenters. The van der Waals surface area contributed by atoms with E-state index in [2.05, 4.69) is 27.6 Å². The predicted molar refractivity (Wildman–Crippen MR) is 60.1 cm³/mol. The number of hydrogen-bond donors (Lipinski definition) is 1. The van der Waals surface area contributed by atoms with E-state index in [1.807, 2.05) is 6.07 Å². The highest BCUT2D eigenvalue weighted by molar-refractivity contribution is 14.1. The summed E-state index contributed by atoms with van der Waals surface area (Å²) in [6, 6.07) is 3.71. The smallest absolute Gasteiger partial charge is 0.213 e. The predicted octanol–water partition coefficient (Wildman–Crippen LogP) is 1.42. The zero-order valence-electron chi connectivity index (χ0n) is 7.81. The molecule has 0 spiro atoms. The van der Waals surface area contributed by atoms with Crippen LogP contribution in [0.4, 0.5) is 0 Å². The van der Waals surface area contributed by atoms with Gasteiger partial charge in [-0.15, -0.1) is 0 Å². The fraction of sp³-hybridized carbons (Fsp3) is 0.444. The molecule has 1 rings (SSSR count). The average Bonchev–Trinajstić information content (AvgIpc) is 2.15. The Labute approximate surface area is 96.4 Å². The van der Waals surface area contributed by atoms with Crippen molar-refractivity contribution in [2.75, 3.05) is 13.2 Å². The van der Waals surface area contributed by atoms with E-state index in [0.29, 0.717) is 19.1 Å². The molecule has 5 heteroatoms. The molecule has 78 valence electrons. The van der Waals surface area contributed by atoms with Gasteiger partial charge in [-0.05, 0) is 35.6 Å². The first-order chi connectivity index (χ1) is 6.68. The second-order valence-electron chi connectivity index (χ2n) is 2.63. The van der Waals surface area contributed by atoms with Gasteiger partial charge < -0.3 is 14.6 Å². The largest absolute Gasteiger partial charge is 0.475 e. The first-order valence-corrected chi connectivity index (χ1v) is 5.30. The van der Waals surface area contributed by atoms with Crippen LogP contribution < -0.4 is 4.74 Å². The van der Waals surface area contributed by atoms with Crippen molar-refractivity contribution in [3.63, 3.8) is 0 Å². The second-order valence-corrected chi connectivity index (χ2v) is 3.88. The summed E-state index contributed by atoms with van der Waals surface area (Å²) in [5.41, 5.74) is 0. The summed E-state index contributed by atoms with van der Waals surface area (Å²) < 4.78 is 11.2. The standard InChI is InChI=1S/C9H12INO3/c1-7(12)13-4-5-14-9-3-2-8(10)6-11-9/h2-3,6-7,12H,4-5H2,1H3. The first-order valence-electron chi connectivity index (χ1n) is 4.22. The van der Waals surface area contributed by atoms with Gasteiger partial charge in [-0.3, -0.25) is 0 Å². The molecule has 0 amide bonds. The van der Waals surface area contributed by atoms with Crippen molar-refractivity contribution in [2.24, 2.45) is 0 Å². The first kappa shape index (κ1) is 11.7. The maximum atomic E-state index is 8.79. The highest BCUT2D eigenvalue weighted by atomic mass is 127. The van der Waals surface area contributed by atoms with Gasteiger partial charge >= 0.3 is 0 Å². The van der Waals surface area contributed by atoms with Gasteiger partial charge in [0.05, 0.1) is 6.61 Å². The number of hydrogen-bond acceptors (Lipinski definition) is 4. The maximum absolute atomic E-state index is 8.79. The third-order valence-electron chi connectivity index (χ3n) is 1.39. The number of aliphatic hydroxyl groups excluding tert-OH is 1. The van der Waals surface area contributed by atoms with Crippen LogP contribution in [-0.2, 0) is 4.74 Å². The van der Waals surface area contributed by atoms with Crippen molar-refractivity contribution in [1.82, 2.24) is 4.98 Å². The Balaban J connectivity index is 2.21. The van der Waals surface area contributed by atoms with Gasteiger partial charge in [-0.1, -0.05) is 0 Å². The Morgan fingerprint density at radius 1 is 1.50 bits per heavy atom. The van der Waals surface area contributed by atoms with E-state index in [4.69, 9.17) is 14.6 Å². The highest BCUT2D eigenvalue weighted by Gasteiger charge is 1.97. The van der Waals surface area contributed by atoms with Crippen LogP contribution in [0.25, 0.3) is 0 Å². The van der Waals surface area contributed by atoms with E-state index >= 15 is 0 Å². The highest BCUT2D eigenvalue weighted by Crippen LogP contribution is 2.08. The molecule has 0 aromatic carbocycles. The van der Waals surface area contributed by atoms with Crippen LogP contribution >= 0.6 is 22.6 Å². The average molecular weight is 309 g/mol. The summed E-state index contributed by atoms with van der Waals surface area (Å²) in [6.45, 7) is 2.30. The van der Waals surface area contributed by atoms with Gasteiger partial charge in [0.25, 0.3) is 0 Å². The van der Waals surface area contributed by atoms with Crippen LogP contribution in [-0.4, -0.2) is 29.6 Å². The summed E-state index contributed by atoms with van der Waals surface area (Å²) in [5.74, 6) is 0.569. The Kier molecular flexibility index (Phi) is 5.13. The Morgan fingerprint density at radius 2 is 2.29 bits per heavy atom. The van der Waals surface area contributed by atoms with Crippen LogP contribution in [0.15, 0.2) is 18.3 Å². The van der Waals surface area contributed by atoms with E-state index in [-0.39, 0.29) is 0 Å². The van der Waals surface area contributed by atoms with E-state index in [9.17, 15) is 0 Å². The summed E-state index contributed by atoms with van der Waals surface area (Å²) in [5, 5.41) is 8.79. The van der Waals surface area contributed by atoms with E-state index in [1.165, 1.54) is 0 Å². The summed E-state index contributed by atoms with van der Waals surface area (Å²) in [6.07, 6.45) is 0.981. The van der Waals surface area contributed by atoms with Crippen molar-refractivity contribution in [3.05, 3.63) is 21.9 Å². The quantitative estimate of drug-likeness (QED) is 0.508. The molecule has 0 saturated carbocycles. The molecule has 1 N–H and O–H groups in total. The second kappa shape index (κ2) is 6.15. The molecule has 4 nitrogen and oxygen atoms in total. The topological polar surface area (TPSA) is 51.6 Å². The molecule has 1 unspecified atom stereocenters. The molecule has 0 saturated heterocycles. The van der Waals surface area contributed by atoms with Crippen LogP contribution in [0.5, 0.6) is 5.88 Å². The van der Waals surface area contributed by atoms with Gasteiger partial charge in [0, 0.05) is 15.8 Å². The van der Waals surface area contributed by atoms with Gasteiger partial charge in [-0.2, -0.15) is 0 Å². The molecule has 0 aliphatic rings. The van der Waals surface area contributed by atoms with Gasteiger partial charge in [0.2, 0.25) is 5.88 Å². The molecule has 0 radical (unpaired) electrons. The SMILES string of the molecule is CC(O)OCCOc1ccc(I)cn1. The summed E-state index contributed by atoms with van der Waals surface area (Å²) in [7, 11) is 0. The van der Waals surface area contributed by atoms with E-state index in [0.717, 1.165) is 3.57 Å². The third-order valence-corrected chi connectivity index (χ3v) is 2.03. The minimum atomic E-state index is -0.747. The van der Waals surface area contributed by atoms with Crippen molar-refractivity contribution in [1.29, 1.82) is 0 Å². The van der Waals surface area contributed by atoms with Crippen molar-refractivity contribution in [2.45, 2.75) is 13.2 Å². The number of pyridine rings is 1. The lowest BCUT2D eigenvalue weighted by Crippen LogP contribution is -2.13. The maximum Gasteiger partial charge on any atom is 0.213 e. The zero-order valence-corrected chi connectivity index (χ0v) is 9.97. The zero-order chi connectivity index (χ0) is 10.4. The van der Waals surface area contributed by atoms with Gasteiger partial charge in [0.15, 0.2) is 6.29 Å². The number of aromatic nitrogens is 1. The Bertz CT molecular complexity index is 263. The molecule has 1 aromatic rings. The Morgan fingerprint density at radius 3 is 2.86 bits per heavy atom. The van der Waals surface area contributed by atoms with E-state index in [1.54, 1.807) is 19.2 Å². The summed E-state index contributed by atoms with van der Waals surface area (Å²) in [4.78, 5) is 4.05. The minimum absolute atomic E-state index is 0.353. The molecule has 1 aromatic heterocycles. The minimum Gasteiger partial charge on any atom is -0.475 e. The van der Waals surface area contributed by atoms with Crippen LogP contribution in [0.3, 0.4) is 0 Å². The molecule has 0 fully saturated rings. The van der Waals surface area contributed by atoms with Crippen LogP contribution in [0.1, 0.15) is 6.92 Å². The Hall–Kier alpha value is -0.400. The fourth-order valence-electron chi connectivity index (χ4n) is 0.813. The third kappa shape index (κ3) is 4.73. The van der Waals surface area contributed by atoms with Gasteiger partial charge in [-0.25, -0.2) is 4.98 Å². The van der Waals surface area contributed by atoms with E-state index < -0.39 is 6.29 Å².